The molecule has 1 atom stereocenters. The molecule has 1 saturated heterocycles. The summed E-state index contributed by atoms with van der Waals surface area (Å²) in [5.41, 5.74) is 3.17. The van der Waals surface area contributed by atoms with Crippen molar-refractivity contribution >= 4 is 42.1 Å². The molecule has 1 fully saturated rings. The number of carbonyl (C=O) groups is 1. The quantitative estimate of drug-likeness (QED) is 0.873. The maximum Gasteiger partial charge on any atom is 0.273 e. The Kier molecular flexibility index (Phi) is 9.21. The van der Waals surface area contributed by atoms with Crippen LogP contribution in [0.25, 0.3) is 0 Å². The van der Waals surface area contributed by atoms with Crippen molar-refractivity contribution in [3.8, 4) is 0 Å². The normalized spacial score (nSPS) is 17.1. The molecule has 0 spiro atoms. The number of nitrogens with zero attached hydrogens (tertiary/aromatic N) is 3. The van der Waals surface area contributed by atoms with Gasteiger partial charge in [0.1, 0.15) is 5.69 Å². The molecule has 5 nitrogen and oxygen atoms in total. The maximum absolute atomic E-state index is 12.8. The fourth-order valence-electron chi connectivity index (χ4n) is 2.81. The molecule has 0 radical (unpaired) electrons. The van der Waals surface area contributed by atoms with E-state index in [1.54, 1.807) is 11.7 Å². The Hall–Kier alpha value is -1.21. The van der Waals surface area contributed by atoms with Gasteiger partial charge in [-0.05, 0) is 44.5 Å². The number of carbonyl (C=O) groups excluding carboxylic acids is 1. The van der Waals surface area contributed by atoms with E-state index in [0.717, 1.165) is 38.0 Å². The van der Waals surface area contributed by atoms with Gasteiger partial charge < -0.3 is 10.2 Å². The topological polar surface area (TPSA) is 58.1 Å². The molecule has 2 aromatic rings. The average Bonchev–Trinajstić information content (AvgIpc) is 2.96. The minimum atomic E-state index is 0. The van der Waals surface area contributed by atoms with Crippen molar-refractivity contribution in [2.24, 2.45) is 0 Å². The summed E-state index contributed by atoms with van der Waals surface area (Å²) in [7, 11) is 0. The molecular formula is C16H22Cl2N4OS. The Balaban J connectivity index is 0.00000144. The first-order valence-corrected chi connectivity index (χ1v) is 8.58. The van der Waals surface area contributed by atoms with Crippen LogP contribution < -0.4 is 5.32 Å². The zero-order valence-electron chi connectivity index (χ0n) is 13.3. The van der Waals surface area contributed by atoms with Crippen LogP contribution in [0.5, 0.6) is 0 Å². The molecule has 1 aliphatic heterocycles. The molecule has 24 heavy (non-hydrogen) atoms. The summed E-state index contributed by atoms with van der Waals surface area (Å²) in [6, 6.07) is 6.07. The van der Waals surface area contributed by atoms with E-state index in [9.17, 15) is 4.79 Å². The Morgan fingerprint density at radius 1 is 1.25 bits per heavy atom. The number of aromatic nitrogens is 2. The van der Waals surface area contributed by atoms with Gasteiger partial charge >= 0.3 is 0 Å². The summed E-state index contributed by atoms with van der Waals surface area (Å²) in [6.07, 6.45) is 4.86. The second-order valence-corrected chi connectivity index (χ2v) is 6.18. The van der Waals surface area contributed by atoms with Crippen molar-refractivity contribution in [1.82, 2.24) is 20.2 Å². The van der Waals surface area contributed by atoms with Gasteiger partial charge in [0.05, 0.1) is 17.7 Å². The predicted molar refractivity (Wildman–Crippen MR) is 101 cm³/mol. The number of amides is 1. The summed E-state index contributed by atoms with van der Waals surface area (Å²) < 4.78 is 0. The van der Waals surface area contributed by atoms with E-state index < -0.39 is 0 Å². The van der Waals surface area contributed by atoms with Crippen LogP contribution in [0.2, 0.25) is 0 Å². The molecular weight excluding hydrogens is 367 g/mol. The number of nitrogens with one attached hydrogen (secondary N) is 1. The van der Waals surface area contributed by atoms with Crippen molar-refractivity contribution in [2.75, 3.05) is 13.1 Å². The lowest BCUT2D eigenvalue weighted by Crippen LogP contribution is -2.40. The number of thiazole rings is 1. The van der Waals surface area contributed by atoms with E-state index >= 15 is 0 Å². The van der Waals surface area contributed by atoms with Gasteiger partial charge in [0.2, 0.25) is 0 Å². The highest BCUT2D eigenvalue weighted by Gasteiger charge is 2.27. The molecule has 0 aliphatic carbocycles. The third-order valence-corrected chi connectivity index (χ3v) is 4.54. The van der Waals surface area contributed by atoms with Crippen molar-refractivity contribution < 1.29 is 4.79 Å². The zero-order chi connectivity index (χ0) is 15.2. The molecule has 0 bridgehead atoms. The fourth-order valence-corrected chi connectivity index (χ4v) is 3.34. The number of rotatable bonds is 4. The van der Waals surface area contributed by atoms with Gasteiger partial charge in [0.25, 0.3) is 5.91 Å². The summed E-state index contributed by atoms with van der Waals surface area (Å²) >= 11 is 1.46. The monoisotopic (exact) mass is 388 g/mol. The highest BCUT2D eigenvalue weighted by Crippen LogP contribution is 2.19. The summed E-state index contributed by atoms with van der Waals surface area (Å²) in [5.74, 6) is 0.0128. The third kappa shape index (κ3) is 5.41. The lowest BCUT2D eigenvalue weighted by molar-refractivity contribution is 0.0637. The highest BCUT2D eigenvalue weighted by atomic mass is 35.5. The van der Waals surface area contributed by atoms with Crippen molar-refractivity contribution in [2.45, 2.75) is 31.8 Å². The minimum absolute atomic E-state index is 0. The van der Waals surface area contributed by atoms with Gasteiger partial charge in [-0.2, -0.15) is 0 Å². The van der Waals surface area contributed by atoms with E-state index in [1.165, 1.54) is 11.3 Å². The first-order valence-electron chi connectivity index (χ1n) is 7.64. The summed E-state index contributed by atoms with van der Waals surface area (Å²) in [4.78, 5) is 23.4. The number of hydrogen-bond donors (Lipinski definition) is 1. The molecule has 1 N–H and O–H groups in total. The van der Waals surface area contributed by atoms with Gasteiger partial charge in [-0.25, -0.2) is 4.98 Å². The Morgan fingerprint density at radius 2 is 2.12 bits per heavy atom. The molecule has 3 heterocycles. The highest BCUT2D eigenvalue weighted by molar-refractivity contribution is 7.07. The van der Waals surface area contributed by atoms with Crippen LogP contribution in [-0.2, 0) is 6.54 Å². The molecule has 1 unspecified atom stereocenters. The number of halogens is 2. The second kappa shape index (κ2) is 10.6. The molecule has 1 aliphatic rings. The number of hydrogen-bond acceptors (Lipinski definition) is 5. The van der Waals surface area contributed by atoms with E-state index in [4.69, 9.17) is 0 Å². The van der Waals surface area contributed by atoms with Crippen LogP contribution in [-0.4, -0.2) is 39.9 Å². The fraction of sp³-hybridized carbons (Fsp3) is 0.438. The Morgan fingerprint density at radius 3 is 2.83 bits per heavy atom. The van der Waals surface area contributed by atoms with E-state index in [2.05, 4.69) is 15.3 Å². The lowest BCUT2D eigenvalue weighted by Gasteiger charge is -2.30. The summed E-state index contributed by atoms with van der Waals surface area (Å²) in [5, 5.41) is 5.22. The largest absolute Gasteiger partial charge is 0.328 e. The van der Waals surface area contributed by atoms with Gasteiger partial charge in [-0.3, -0.25) is 9.78 Å². The SMILES string of the molecule is Cl.Cl.O=C(c1cscn1)N(Cc1ccccn1)C1CCCNCC1. The first-order chi connectivity index (χ1) is 10.8. The van der Waals surface area contributed by atoms with Gasteiger partial charge in [-0.15, -0.1) is 36.2 Å². The lowest BCUT2D eigenvalue weighted by atomic mass is 10.1. The van der Waals surface area contributed by atoms with Gasteiger partial charge in [0, 0.05) is 17.6 Å². The Labute approximate surface area is 158 Å². The standard InChI is InChI=1S/C16H20N4OS.2ClH/c21-16(15-11-22-12-19-15)20(10-13-4-1-2-8-18-13)14-5-3-7-17-9-6-14;;/h1-2,4,8,11-12,14,17H,3,5-7,9-10H2;2*1H. The molecule has 1 amide bonds. The van der Waals surface area contributed by atoms with Crippen molar-refractivity contribution in [1.29, 1.82) is 0 Å². The predicted octanol–water partition coefficient (Wildman–Crippen LogP) is 3.17. The molecule has 8 heteroatoms. The molecule has 3 rings (SSSR count). The zero-order valence-corrected chi connectivity index (χ0v) is 15.7. The Bertz CT molecular complexity index is 589. The van der Waals surface area contributed by atoms with Crippen molar-refractivity contribution in [3.63, 3.8) is 0 Å². The van der Waals surface area contributed by atoms with Crippen molar-refractivity contribution in [3.05, 3.63) is 46.7 Å². The average molecular weight is 389 g/mol. The molecule has 0 aromatic carbocycles. The van der Waals surface area contributed by atoms with Crippen LogP contribution in [0.3, 0.4) is 0 Å². The second-order valence-electron chi connectivity index (χ2n) is 5.46. The molecule has 132 valence electrons. The van der Waals surface area contributed by atoms with Gasteiger partial charge in [0.15, 0.2) is 0 Å². The van der Waals surface area contributed by atoms with E-state index in [1.807, 2.05) is 28.5 Å². The van der Waals surface area contributed by atoms with Crippen LogP contribution >= 0.6 is 36.2 Å². The summed E-state index contributed by atoms with van der Waals surface area (Å²) in [6.45, 7) is 2.52. The smallest absolute Gasteiger partial charge is 0.273 e. The van der Waals surface area contributed by atoms with Gasteiger partial charge in [-0.1, -0.05) is 6.07 Å². The van der Waals surface area contributed by atoms with Crippen LogP contribution in [0, 0.1) is 0 Å². The van der Waals surface area contributed by atoms with E-state index in [0.29, 0.717) is 12.2 Å². The van der Waals surface area contributed by atoms with Crippen LogP contribution in [0.1, 0.15) is 35.4 Å². The first kappa shape index (κ1) is 20.8. The molecule has 2 aromatic heterocycles. The molecule has 0 saturated carbocycles. The third-order valence-electron chi connectivity index (χ3n) is 3.96. The van der Waals surface area contributed by atoms with Crippen LogP contribution in [0.15, 0.2) is 35.3 Å². The maximum atomic E-state index is 12.8. The number of pyridine rings is 1. The minimum Gasteiger partial charge on any atom is -0.328 e. The van der Waals surface area contributed by atoms with E-state index in [-0.39, 0.29) is 36.8 Å². The van der Waals surface area contributed by atoms with Crippen LogP contribution in [0.4, 0.5) is 0 Å².